The van der Waals surface area contributed by atoms with Gasteiger partial charge in [0.1, 0.15) is 5.56 Å². The summed E-state index contributed by atoms with van der Waals surface area (Å²) in [7, 11) is 4.52. The number of methoxy groups -OCH3 is 2. The zero-order valence-corrected chi connectivity index (χ0v) is 18.8. The third-order valence-electron chi connectivity index (χ3n) is 4.95. The van der Waals surface area contributed by atoms with E-state index in [0.29, 0.717) is 21.9 Å². The predicted molar refractivity (Wildman–Crippen MR) is 117 cm³/mol. The van der Waals surface area contributed by atoms with Gasteiger partial charge in [0, 0.05) is 24.4 Å². The number of ether oxygens (including phenoxy) is 3. The van der Waals surface area contributed by atoms with Crippen LogP contribution in [0.25, 0.3) is 5.69 Å². The Labute approximate surface area is 193 Å². The average Bonchev–Trinajstić information content (AvgIpc) is 3.29. The molecular formula is C23H22F3N3O5. The highest BCUT2D eigenvalue weighted by Crippen LogP contribution is 2.34. The molecule has 0 aliphatic carbocycles. The zero-order valence-electron chi connectivity index (χ0n) is 18.8. The van der Waals surface area contributed by atoms with Gasteiger partial charge in [-0.05, 0) is 43.3 Å². The monoisotopic (exact) mass is 477 g/mol. The summed E-state index contributed by atoms with van der Waals surface area (Å²) in [6.07, 6.45) is -4.05. The van der Waals surface area contributed by atoms with Crippen LogP contribution in [-0.2, 0) is 10.9 Å². The van der Waals surface area contributed by atoms with Crippen LogP contribution in [0, 0.1) is 0 Å². The number of alkyl halides is 3. The van der Waals surface area contributed by atoms with Crippen molar-refractivity contribution in [1.82, 2.24) is 9.78 Å². The standard InChI is InChI=1S/C23H22F3N3O5/c1-5-34-22(31)17-13-27-29(20(17)23(24,25)26)15-8-6-14(7-9-15)21(30)28(2)16-10-11-18(32-3)19(12-16)33-4/h6-13H,5H2,1-4H3. The van der Waals surface area contributed by atoms with Gasteiger partial charge < -0.3 is 19.1 Å². The number of carbonyl (C=O) groups excluding carboxylic acids is 2. The molecule has 8 nitrogen and oxygen atoms in total. The van der Waals surface area contributed by atoms with Crippen molar-refractivity contribution in [2.75, 3.05) is 32.8 Å². The fraction of sp³-hybridized carbons (Fsp3) is 0.261. The quantitative estimate of drug-likeness (QED) is 0.471. The average molecular weight is 477 g/mol. The molecule has 0 fully saturated rings. The summed E-state index contributed by atoms with van der Waals surface area (Å²) < 4.78 is 56.8. The van der Waals surface area contributed by atoms with Gasteiger partial charge in [0.25, 0.3) is 5.91 Å². The lowest BCUT2D eigenvalue weighted by molar-refractivity contribution is -0.143. The SMILES string of the molecule is CCOC(=O)c1cnn(-c2ccc(C(=O)N(C)c3ccc(OC)c(OC)c3)cc2)c1C(F)(F)F. The number of amides is 1. The van der Waals surface area contributed by atoms with Gasteiger partial charge in [-0.2, -0.15) is 18.3 Å². The third kappa shape index (κ3) is 4.82. The highest BCUT2D eigenvalue weighted by Gasteiger charge is 2.41. The van der Waals surface area contributed by atoms with Crippen LogP contribution in [0.5, 0.6) is 11.5 Å². The minimum atomic E-state index is -4.86. The number of carbonyl (C=O) groups is 2. The van der Waals surface area contributed by atoms with Crippen molar-refractivity contribution in [2.45, 2.75) is 13.1 Å². The number of nitrogens with zero attached hydrogens (tertiary/aromatic N) is 3. The maximum absolute atomic E-state index is 13.7. The predicted octanol–water partition coefficient (Wildman–Crippen LogP) is 4.36. The molecule has 1 amide bonds. The molecule has 3 rings (SSSR count). The molecule has 0 unspecified atom stereocenters. The van der Waals surface area contributed by atoms with Crippen LogP contribution in [0.15, 0.2) is 48.7 Å². The number of halogens is 3. The van der Waals surface area contributed by atoms with Crippen LogP contribution >= 0.6 is 0 Å². The van der Waals surface area contributed by atoms with Crippen LogP contribution in [0.1, 0.15) is 33.3 Å². The van der Waals surface area contributed by atoms with Crippen molar-refractivity contribution in [3.63, 3.8) is 0 Å². The molecule has 34 heavy (non-hydrogen) atoms. The van der Waals surface area contributed by atoms with Crippen molar-refractivity contribution in [1.29, 1.82) is 0 Å². The summed E-state index contributed by atoms with van der Waals surface area (Å²) in [5.41, 5.74) is -1.17. The van der Waals surface area contributed by atoms with Crippen molar-refractivity contribution >= 4 is 17.6 Å². The van der Waals surface area contributed by atoms with Crippen molar-refractivity contribution < 1.29 is 37.0 Å². The first kappa shape index (κ1) is 24.6. The van der Waals surface area contributed by atoms with Crippen molar-refractivity contribution in [2.24, 2.45) is 0 Å². The first-order chi connectivity index (χ1) is 16.1. The largest absolute Gasteiger partial charge is 0.493 e. The van der Waals surface area contributed by atoms with Crippen LogP contribution < -0.4 is 14.4 Å². The van der Waals surface area contributed by atoms with E-state index in [1.54, 1.807) is 25.2 Å². The van der Waals surface area contributed by atoms with Gasteiger partial charge in [0.15, 0.2) is 17.2 Å². The zero-order chi connectivity index (χ0) is 25.0. The van der Waals surface area contributed by atoms with E-state index in [9.17, 15) is 22.8 Å². The lowest BCUT2D eigenvalue weighted by Crippen LogP contribution is -2.26. The number of anilines is 1. The Balaban J connectivity index is 1.91. The van der Waals surface area contributed by atoms with Crippen LogP contribution in [0.2, 0.25) is 0 Å². The minimum Gasteiger partial charge on any atom is -0.493 e. The number of benzene rings is 2. The van der Waals surface area contributed by atoms with Crippen molar-refractivity contribution in [3.05, 3.63) is 65.5 Å². The molecule has 0 aliphatic heterocycles. The Hall–Kier alpha value is -4.02. The normalized spacial score (nSPS) is 11.1. The van der Waals surface area contributed by atoms with E-state index in [4.69, 9.17) is 14.2 Å². The molecule has 1 aromatic heterocycles. The molecule has 2 aromatic carbocycles. The maximum Gasteiger partial charge on any atom is 0.434 e. The van der Waals surface area contributed by atoms with Crippen LogP contribution in [0.3, 0.4) is 0 Å². The van der Waals surface area contributed by atoms with E-state index in [1.807, 2.05) is 0 Å². The molecular weight excluding hydrogens is 455 g/mol. The highest BCUT2D eigenvalue weighted by molar-refractivity contribution is 6.06. The number of hydrogen-bond donors (Lipinski definition) is 0. The molecule has 0 aliphatic rings. The van der Waals surface area contributed by atoms with Gasteiger partial charge in [0.2, 0.25) is 0 Å². The van der Waals surface area contributed by atoms with Gasteiger partial charge in [-0.25, -0.2) is 9.48 Å². The summed E-state index contributed by atoms with van der Waals surface area (Å²) >= 11 is 0. The summed E-state index contributed by atoms with van der Waals surface area (Å²) in [5.74, 6) is -0.587. The molecule has 0 atom stereocenters. The first-order valence-electron chi connectivity index (χ1n) is 10.0. The fourth-order valence-electron chi connectivity index (χ4n) is 3.26. The van der Waals surface area contributed by atoms with Gasteiger partial charge in [0.05, 0.1) is 32.7 Å². The van der Waals surface area contributed by atoms with Gasteiger partial charge in [-0.1, -0.05) is 0 Å². The number of aromatic nitrogens is 2. The Bertz CT molecular complexity index is 1190. The van der Waals surface area contributed by atoms with Crippen molar-refractivity contribution in [3.8, 4) is 17.2 Å². The maximum atomic E-state index is 13.7. The van der Waals surface area contributed by atoms with Gasteiger partial charge >= 0.3 is 12.1 Å². The second kappa shape index (κ2) is 9.86. The smallest absolute Gasteiger partial charge is 0.434 e. The molecule has 11 heteroatoms. The molecule has 0 saturated carbocycles. The first-order valence-corrected chi connectivity index (χ1v) is 10.0. The summed E-state index contributed by atoms with van der Waals surface area (Å²) in [6.45, 7) is 1.41. The third-order valence-corrected chi connectivity index (χ3v) is 4.95. The molecule has 0 saturated heterocycles. The summed E-state index contributed by atoms with van der Waals surface area (Å²) in [4.78, 5) is 26.2. The van der Waals surface area contributed by atoms with Gasteiger partial charge in [-0.15, -0.1) is 0 Å². The Kier molecular flexibility index (Phi) is 7.14. The van der Waals surface area contributed by atoms with Crippen LogP contribution in [0.4, 0.5) is 18.9 Å². The molecule has 180 valence electrons. The number of rotatable bonds is 7. The summed E-state index contributed by atoms with van der Waals surface area (Å²) in [6, 6.07) is 10.3. The highest BCUT2D eigenvalue weighted by atomic mass is 19.4. The van der Waals surface area contributed by atoms with E-state index in [1.165, 1.54) is 50.3 Å². The Morgan fingerprint density at radius 2 is 1.68 bits per heavy atom. The lowest BCUT2D eigenvalue weighted by atomic mass is 10.1. The Morgan fingerprint density at radius 1 is 1.03 bits per heavy atom. The number of hydrogen-bond acceptors (Lipinski definition) is 6. The minimum absolute atomic E-state index is 0.0215. The van der Waals surface area contributed by atoms with E-state index in [-0.39, 0.29) is 17.9 Å². The Morgan fingerprint density at radius 3 is 2.24 bits per heavy atom. The van der Waals surface area contributed by atoms with E-state index in [2.05, 4.69) is 5.10 Å². The molecule has 3 aromatic rings. The molecule has 0 bridgehead atoms. The van der Waals surface area contributed by atoms with Crippen LogP contribution in [-0.4, -0.2) is 49.5 Å². The van der Waals surface area contributed by atoms with E-state index >= 15 is 0 Å². The molecule has 0 radical (unpaired) electrons. The fourth-order valence-corrected chi connectivity index (χ4v) is 3.26. The topological polar surface area (TPSA) is 82.9 Å². The molecule has 0 N–H and O–H groups in total. The van der Waals surface area contributed by atoms with E-state index in [0.717, 1.165) is 6.20 Å². The molecule has 1 heterocycles. The second-order valence-electron chi connectivity index (χ2n) is 6.99. The summed E-state index contributed by atoms with van der Waals surface area (Å²) in [5, 5.41) is 3.72. The molecule has 0 spiro atoms. The number of esters is 1. The van der Waals surface area contributed by atoms with E-state index < -0.39 is 29.3 Å². The van der Waals surface area contributed by atoms with Gasteiger partial charge in [-0.3, -0.25) is 4.79 Å². The second-order valence-corrected chi connectivity index (χ2v) is 6.99. The lowest BCUT2D eigenvalue weighted by Gasteiger charge is -2.19.